The zero-order valence-electron chi connectivity index (χ0n) is 32.7. The SMILES string of the molecule is c1ccc(-c2cc(-c3cccc(-n4c5ccccc5c5ccccc54)c3)nc(-c3cc4ccccc4c4c3-c3ccccc3C4(c3ccccc3)c3ccccc3)n2)cc1. The summed E-state index contributed by atoms with van der Waals surface area (Å²) in [6, 6.07) is 80.9. The molecule has 60 heavy (non-hydrogen) atoms. The molecule has 0 aliphatic heterocycles. The summed E-state index contributed by atoms with van der Waals surface area (Å²) in [7, 11) is 0. The first-order valence-corrected chi connectivity index (χ1v) is 20.6. The van der Waals surface area contributed by atoms with Crippen LogP contribution in [0.25, 0.3) is 83.3 Å². The van der Waals surface area contributed by atoms with Gasteiger partial charge in [-0.25, -0.2) is 9.97 Å². The lowest BCUT2D eigenvalue weighted by molar-refractivity contribution is 0.775. The minimum Gasteiger partial charge on any atom is -0.309 e. The minimum atomic E-state index is -0.583. The number of nitrogens with zero attached hydrogens (tertiary/aromatic N) is 3. The summed E-state index contributed by atoms with van der Waals surface area (Å²) < 4.78 is 2.37. The molecule has 0 fully saturated rings. The molecule has 12 rings (SSSR count). The monoisotopic (exact) mass is 763 g/mol. The Bertz CT molecular complexity index is 3330. The maximum Gasteiger partial charge on any atom is 0.161 e. The van der Waals surface area contributed by atoms with Crippen LogP contribution in [0.4, 0.5) is 0 Å². The Morgan fingerprint density at radius 2 is 0.917 bits per heavy atom. The van der Waals surface area contributed by atoms with Crippen LogP contribution in [0.15, 0.2) is 224 Å². The van der Waals surface area contributed by atoms with E-state index in [4.69, 9.17) is 9.97 Å². The van der Waals surface area contributed by atoms with Crippen molar-refractivity contribution in [2.45, 2.75) is 5.41 Å². The molecular weight excluding hydrogens is 727 g/mol. The number of para-hydroxylation sites is 2. The Hall–Kier alpha value is -7.88. The summed E-state index contributed by atoms with van der Waals surface area (Å²) in [5.41, 5.74) is 15.0. The van der Waals surface area contributed by atoms with E-state index in [1.54, 1.807) is 0 Å². The highest BCUT2D eigenvalue weighted by molar-refractivity contribution is 6.09. The van der Waals surface area contributed by atoms with Gasteiger partial charge in [-0.2, -0.15) is 0 Å². The van der Waals surface area contributed by atoms with Crippen LogP contribution in [0.2, 0.25) is 0 Å². The zero-order valence-corrected chi connectivity index (χ0v) is 32.7. The third-order valence-corrected chi connectivity index (χ3v) is 12.5. The molecule has 0 spiro atoms. The van der Waals surface area contributed by atoms with Gasteiger partial charge in [0.05, 0.1) is 27.8 Å². The highest BCUT2D eigenvalue weighted by atomic mass is 15.0. The van der Waals surface area contributed by atoms with Gasteiger partial charge in [-0.1, -0.05) is 188 Å². The van der Waals surface area contributed by atoms with E-state index in [-0.39, 0.29) is 0 Å². The van der Waals surface area contributed by atoms with E-state index in [2.05, 4.69) is 229 Å². The standard InChI is InChI=1S/C57H37N3/c1-4-19-38(20-5-1)50-37-51(40-22-18-27-43(35-40)60-52-33-16-13-29-45(52)46-30-14-17-34-53(46)60)59-56(58-50)48-36-39-21-10-11-28-44(39)55-54(48)47-31-12-15-32-49(47)57(55,41-23-6-2-7-24-41)42-25-8-3-9-26-42/h1-37H. The average molecular weight is 764 g/mol. The van der Waals surface area contributed by atoms with E-state index >= 15 is 0 Å². The van der Waals surface area contributed by atoms with Crippen molar-refractivity contribution in [3.05, 3.63) is 247 Å². The Morgan fingerprint density at radius 1 is 0.383 bits per heavy atom. The lowest BCUT2D eigenvalue weighted by Gasteiger charge is -2.34. The van der Waals surface area contributed by atoms with Crippen LogP contribution in [0.3, 0.4) is 0 Å². The predicted molar refractivity (Wildman–Crippen MR) is 247 cm³/mol. The maximum absolute atomic E-state index is 5.58. The second-order valence-corrected chi connectivity index (χ2v) is 15.7. The van der Waals surface area contributed by atoms with Gasteiger partial charge >= 0.3 is 0 Å². The Morgan fingerprint density at radius 3 is 1.60 bits per heavy atom. The van der Waals surface area contributed by atoms with Crippen molar-refractivity contribution in [3.8, 4) is 50.7 Å². The van der Waals surface area contributed by atoms with Crippen molar-refractivity contribution in [2.24, 2.45) is 0 Å². The topological polar surface area (TPSA) is 30.7 Å². The summed E-state index contributed by atoms with van der Waals surface area (Å²) in [5.74, 6) is 0.697. The number of rotatable bonds is 6. The molecule has 0 saturated heterocycles. The highest BCUT2D eigenvalue weighted by Gasteiger charge is 2.48. The molecule has 2 aromatic heterocycles. The highest BCUT2D eigenvalue weighted by Crippen LogP contribution is 2.60. The normalized spacial score (nSPS) is 12.8. The smallest absolute Gasteiger partial charge is 0.161 e. The molecule has 0 atom stereocenters. The molecule has 0 bridgehead atoms. The second kappa shape index (κ2) is 13.6. The van der Waals surface area contributed by atoms with Crippen molar-refractivity contribution in [3.63, 3.8) is 0 Å². The summed E-state index contributed by atoms with van der Waals surface area (Å²) in [4.78, 5) is 11.1. The van der Waals surface area contributed by atoms with Crippen molar-refractivity contribution in [1.29, 1.82) is 0 Å². The predicted octanol–water partition coefficient (Wildman–Crippen LogP) is 14.1. The molecule has 0 amide bonds. The number of hydrogen-bond acceptors (Lipinski definition) is 2. The van der Waals surface area contributed by atoms with Crippen LogP contribution in [0.5, 0.6) is 0 Å². The molecule has 9 aromatic carbocycles. The molecule has 11 aromatic rings. The fourth-order valence-electron chi connectivity index (χ4n) is 9.98. The summed E-state index contributed by atoms with van der Waals surface area (Å²) in [6.45, 7) is 0. The van der Waals surface area contributed by atoms with Crippen LogP contribution in [0, 0.1) is 0 Å². The van der Waals surface area contributed by atoms with Crippen LogP contribution >= 0.6 is 0 Å². The van der Waals surface area contributed by atoms with Crippen molar-refractivity contribution in [1.82, 2.24) is 14.5 Å². The van der Waals surface area contributed by atoms with Crippen LogP contribution < -0.4 is 0 Å². The van der Waals surface area contributed by atoms with Gasteiger partial charge in [0.2, 0.25) is 0 Å². The van der Waals surface area contributed by atoms with Crippen LogP contribution in [0.1, 0.15) is 22.3 Å². The Kier molecular flexibility index (Phi) is 7.76. The number of benzene rings is 9. The fourth-order valence-corrected chi connectivity index (χ4v) is 9.98. The van der Waals surface area contributed by atoms with Gasteiger partial charge in [-0.05, 0) is 80.6 Å². The molecule has 280 valence electrons. The third kappa shape index (κ3) is 5.09. The third-order valence-electron chi connectivity index (χ3n) is 12.5. The van der Waals surface area contributed by atoms with Gasteiger partial charge in [0.1, 0.15) is 0 Å². The zero-order chi connectivity index (χ0) is 39.6. The van der Waals surface area contributed by atoms with E-state index in [1.165, 1.54) is 60.6 Å². The van der Waals surface area contributed by atoms with E-state index in [0.717, 1.165) is 39.2 Å². The molecule has 3 heteroatoms. The molecule has 0 radical (unpaired) electrons. The molecule has 2 heterocycles. The van der Waals surface area contributed by atoms with Crippen molar-refractivity contribution >= 4 is 32.6 Å². The number of hydrogen-bond donors (Lipinski definition) is 0. The van der Waals surface area contributed by atoms with Gasteiger partial charge in [-0.3, -0.25) is 0 Å². The lowest BCUT2D eigenvalue weighted by Crippen LogP contribution is -2.28. The van der Waals surface area contributed by atoms with Gasteiger partial charge in [0.25, 0.3) is 0 Å². The molecule has 0 N–H and O–H groups in total. The largest absolute Gasteiger partial charge is 0.309 e. The van der Waals surface area contributed by atoms with Gasteiger partial charge in [0.15, 0.2) is 5.82 Å². The van der Waals surface area contributed by atoms with E-state index in [1.807, 2.05) is 0 Å². The first kappa shape index (κ1) is 34.2. The lowest BCUT2D eigenvalue weighted by atomic mass is 9.66. The second-order valence-electron chi connectivity index (χ2n) is 15.7. The van der Waals surface area contributed by atoms with Gasteiger partial charge in [-0.15, -0.1) is 0 Å². The molecule has 0 saturated carbocycles. The van der Waals surface area contributed by atoms with E-state index in [9.17, 15) is 0 Å². The van der Waals surface area contributed by atoms with Crippen molar-refractivity contribution < 1.29 is 0 Å². The molecular formula is C57H37N3. The van der Waals surface area contributed by atoms with Crippen LogP contribution in [-0.4, -0.2) is 14.5 Å². The molecule has 1 aliphatic carbocycles. The molecule has 3 nitrogen and oxygen atoms in total. The molecule has 0 unspecified atom stereocenters. The summed E-state index contributed by atoms with van der Waals surface area (Å²) in [6.07, 6.45) is 0. The first-order valence-electron chi connectivity index (χ1n) is 20.6. The minimum absolute atomic E-state index is 0.583. The first-order chi connectivity index (χ1) is 29.8. The summed E-state index contributed by atoms with van der Waals surface area (Å²) >= 11 is 0. The number of aromatic nitrogens is 3. The maximum atomic E-state index is 5.58. The quantitative estimate of drug-likeness (QED) is 0.169. The Balaban J connectivity index is 1.16. The number of fused-ring (bicyclic) bond motifs is 8. The van der Waals surface area contributed by atoms with Gasteiger partial charge in [0, 0.05) is 33.2 Å². The van der Waals surface area contributed by atoms with Crippen molar-refractivity contribution in [2.75, 3.05) is 0 Å². The molecule has 1 aliphatic rings. The Labute approximate surface area is 348 Å². The average Bonchev–Trinajstić information content (AvgIpc) is 3.84. The fraction of sp³-hybridized carbons (Fsp3) is 0.0175. The van der Waals surface area contributed by atoms with E-state index in [0.29, 0.717) is 5.82 Å². The summed E-state index contributed by atoms with van der Waals surface area (Å²) in [5, 5.41) is 4.85. The van der Waals surface area contributed by atoms with Gasteiger partial charge < -0.3 is 4.57 Å². The van der Waals surface area contributed by atoms with Crippen LogP contribution in [-0.2, 0) is 5.41 Å². The van der Waals surface area contributed by atoms with E-state index < -0.39 is 5.41 Å².